The molecule has 0 N–H and O–H groups in total. The van der Waals surface area contributed by atoms with Crippen LogP contribution in [-0.2, 0) is 16.3 Å². The number of nitrogens with zero attached hydrogens (tertiary/aromatic N) is 1. The molecule has 0 aliphatic heterocycles. The van der Waals surface area contributed by atoms with Crippen molar-refractivity contribution in [1.29, 1.82) is 0 Å². The van der Waals surface area contributed by atoms with Crippen molar-refractivity contribution in [2.24, 2.45) is 0 Å². The Kier molecular flexibility index (Phi) is 2.53. The minimum atomic E-state index is -3.07. The van der Waals surface area contributed by atoms with E-state index in [1.165, 1.54) is 6.26 Å². The molecule has 0 saturated heterocycles. The van der Waals surface area contributed by atoms with Crippen molar-refractivity contribution in [3.05, 3.63) is 11.3 Å². The third kappa shape index (κ3) is 1.67. The molecule has 3 nitrogen and oxygen atoms in total. The fourth-order valence-electron chi connectivity index (χ4n) is 1.03. The van der Waals surface area contributed by atoms with Crippen molar-refractivity contribution < 1.29 is 8.42 Å². The van der Waals surface area contributed by atoms with Crippen LogP contribution in [0.25, 0.3) is 0 Å². The van der Waals surface area contributed by atoms with Crippen LogP contribution in [0.5, 0.6) is 0 Å². The van der Waals surface area contributed by atoms with Crippen LogP contribution in [0.2, 0.25) is 0 Å². The summed E-state index contributed by atoms with van der Waals surface area (Å²) in [6.45, 7) is 3.77. The maximum absolute atomic E-state index is 11.2. The molecule has 1 aromatic rings. The molecule has 0 saturated carbocycles. The number of aryl methyl sites for hydroxylation is 1. The zero-order valence-electron chi connectivity index (χ0n) is 7.29. The van der Waals surface area contributed by atoms with Crippen molar-refractivity contribution in [3.63, 3.8) is 0 Å². The lowest BCUT2D eigenvalue weighted by atomic mass is 10.2. The van der Waals surface area contributed by atoms with Gasteiger partial charge in [0, 0.05) is 11.8 Å². The minimum absolute atomic E-state index is 0.402. The first-order valence-corrected chi connectivity index (χ1v) is 6.28. The highest BCUT2D eigenvalue weighted by molar-refractivity contribution is 7.92. The van der Waals surface area contributed by atoms with Gasteiger partial charge in [0.15, 0.2) is 9.84 Å². The lowest BCUT2D eigenvalue weighted by molar-refractivity contribution is 0.603. The number of hydrogen-bond acceptors (Lipinski definition) is 4. The second-order valence-electron chi connectivity index (χ2n) is 2.67. The van der Waals surface area contributed by atoms with Gasteiger partial charge in [0.05, 0.1) is 5.69 Å². The fraction of sp³-hybridized carbons (Fsp3) is 0.571. The van der Waals surface area contributed by atoms with Gasteiger partial charge in [-0.1, -0.05) is 6.92 Å². The summed E-state index contributed by atoms with van der Waals surface area (Å²) < 4.78 is 26.8. The first-order valence-electron chi connectivity index (χ1n) is 3.62. The van der Waals surface area contributed by atoms with Gasteiger partial charge in [-0.3, -0.25) is 0 Å². The molecule has 1 heterocycles. The lowest BCUT2D eigenvalue weighted by Crippen LogP contribution is -1.96. The highest BCUT2D eigenvalue weighted by Crippen LogP contribution is 2.23. The van der Waals surface area contributed by atoms with Gasteiger partial charge in [-0.15, -0.1) is 0 Å². The highest BCUT2D eigenvalue weighted by Gasteiger charge is 2.16. The quantitative estimate of drug-likeness (QED) is 0.733. The normalized spacial score (nSPS) is 11.9. The maximum atomic E-state index is 11.2. The van der Waals surface area contributed by atoms with E-state index in [1.807, 2.05) is 6.92 Å². The van der Waals surface area contributed by atoms with Gasteiger partial charge in [0.1, 0.15) is 4.21 Å². The molecule has 0 radical (unpaired) electrons. The number of sulfone groups is 1. The van der Waals surface area contributed by atoms with Gasteiger partial charge in [0.25, 0.3) is 0 Å². The number of aromatic nitrogens is 1. The van der Waals surface area contributed by atoms with Crippen molar-refractivity contribution in [2.75, 3.05) is 6.26 Å². The summed E-state index contributed by atoms with van der Waals surface area (Å²) in [6, 6.07) is 0. The standard InChI is InChI=1S/C7H11NO2S2/c1-4-6-5(2)7(11-8-6)12(3,9)10/h4H2,1-3H3. The van der Waals surface area contributed by atoms with Crippen LogP contribution < -0.4 is 0 Å². The molecular formula is C7H11NO2S2. The van der Waals surface area contributed by atoms with Crippen LogP contribution in [-0.4, -0.2) is 19.0 Å². The Morgan fingerprint density at radius 3 is 2.33 bits per heavy atom. The van der Waals surface area contributed by atoms with E-state index in [2.05, 4.69) is 4.37 Å². The van der Waals surface area contributed by atoms with E-state index in [9.17, 15) is 8.42 Å². The molecule has 5 heteroatoms. The summed E-state index contributed by atoms with van der Waals surface area (Å²) in [7, 11) is -3.07. The molecule has 68 valence electrons. The van der Waals surface area contributed by atoms with Crippen molar-refractivity contribution in [2.45, 2.75) is 24.5 Å². The largest absolute Gasteiger partial charge is 0.223 e. The molecule has 0 atom stereocenters. The van der Waals surface area contributed by atoms with Crippen molar-refractivity contribution in [1.82, 2.24) is 4.37 Å². The second-order valence-corrected chi connectivity index (χ2v) is 5.65. The summed E-state index contributed by atoms with van der Waals surface area (Å²) in [5.41, 5.74) is 1.70. The molecule has 12 heavy (non-hydrogen) atoms. The smallest absolute Gasteiger partial charge is 0.186 e. The zero-order valence-corrected chi connectivity index (χ0v) is 8.92. The van der Waals surface area contributed by atoms with E-state index in [-0.39, 0.29) is 0 Å². The summed E-state index contributed by atoms with van der Waals surface area (Å²) >= 11 is 1.07. The first-order chi connectivity index (χ1) is 5.46. The molecule has 1 rings (SSSR count). The third-order valence-corrected chi connectivity index (χ3v) is 4.54. The summed E-state index contributed by atoms with van der Waals surface area (Å²) in [4.78, 5) is 0. The topological polar surface area (TPSA) is 47.0 Å². The Bertz CT molecular complexity index is 378. The molecule has 0 amide bonds. The van der Waals surface area contributed by atoms with Crippen LogP contribution in [0.4, 0.5) is 0 Å². The van der Waals surface area contributed by atoms with Crippen LogP contribution in [0, 0.1) is 6.92 Å². The summed E-state index contributed by atoms with van der Waals surface area (Å²) in [5.74, 6) is 0. The van der Waals surface area contributed by atoms with Gasteiger partial charge < -0.3 is 0 Å². The van der Waals surface area contributed by atoms with Crippen LogP contribution >= 0.6 is 11.5 Å². The van der Waals surface area contributed by atoms with Crippen LogP contribution in [0.1, 0.15) is 18.2 Å². The molecule has 0 aromatic carbocycles. The number of rotatable bonds is 2. The molecule has 0 aliphatic carbocycles. The monoisotopic (exact) mass is 205 g/mol. The van der Waals surface area contributed by atoms with E-state index in [1.54, 1.807) is 6.92 Å². The van der Waals surface area contributed by atoms with Crippen molar-refractivity contribution in [3.8, 4) is 0 Å². The van der Waals surface area contributed by atoms with E-state index >= 15 is 0 Å². The second kappa shape index (κ2) is 3.14. The predicted octanol–water partition coefficient (Wildman–Crippen LogP) is 1.42. The average molecular weight is 205 g/mol. The molecule has 0 fully saturated rings. The predicted molar refractivity (Wildman–Crippen MR) is 49.3 cm³/mol. The zero-order chi connectivity index (χ0) is 9.35. The van der Waals surface area contributed by atoms with E-state index in [0.29, 0.717) is 4.21 Å². The van der Waals surface area contributed by atoms with Gasteiger partial charge in [-0.2, -0.15) is 4.37 Å². The third-order valence-electron chi connectivity index (χ3n) is 1.65. The van der Waals surface area contributed by atoms with E-state index in [4.69, 9.17) is 0 Å². The SMILES string of the molecule is CCc1nsc(S(C)(=O)=O)c1C. The fourth-order valence-corrected chi connectivity index (χ4v) is 3.07. The van der Waals surface area contributed by atoms with Gasteiger partial charge in [-0.05, 0) is 24.9 Å². The Labute approximate surface area is 76.5 Å². The molecule has 0 bridgehead atoms. The Hall–Kier alpha value is -0.420. The Morgan fingerprint density at radius 2 is 2.08 bits per heavy atom. The lowest BCUT2D eigenvalue weighted by Gasteiger charge is -1.94. The minimum Gasteiger partial charge on any atom is -0.223 e. The summed E-state index contributed by atoms with van der Waals surface area (Å²) in [5, 5.41) is 0. The Balaban J connectivity index is 3.30. The van der Waals surface area contributed by atoms with E-state index in [0.717, 1.165) is 29.2 Å². The molecule has 0 spiro atoms. The molecule has 0 unspecified atom stereocenters. The first kappa shape index (κ1) is 9.67. The molecular weight excluding hydrogens is 194 g/mol. The van der Waals surface area contributed by atoms with Crippen LogP contribution in [0.15, 0.2) is 4.21 Å². The summed E-state index contributed by atoms with van der Waals surface area (Å²) in [6.07, 6.45) is 2.00. The van der Waals surface area contributed by atoms with Gasteiger partial charge in [0.2, 0.25) is 0 Å². The average Bonchev–Trinajstić information content (AvgIpc) is 2.29. The van der Waals surface area contributed by atoms with Crippen molar-refractivity contribution >= 4 is 21.4 Å². The van der Waals surface area contributed by atoms with Gasteiger partial charge >= 0.3 is 0 Å². The van der Waals surface area contributed by atoms with Crippen LogP contribution in [0.3, 0.4) is 0 Å². The highest BCUT2D eigenvalue weighted by atomic mass is 32.2. The Morgan fingerprint density at radius 1 is 1.50 bits per heavy atom. The molecule has 1 aromatic heterocycles. The van der Waals surface area contributed by atoms with Gasteiger partial charge in [-0.25, -0.2) is 8.42 Å². The number of hydrogen-bond donors (Lipinski definition) is 0. The molecule has 0 aliphatic rings. The van der Waals surface area contributed by atoms with E-state index < -0.39 is 9.84 Å². The maximum Gasteiger partial charge on any atom is 0.186 e.